The van der Waals surface area contributed by atoms with Crippen molar-refractivity contribution in [2.75, 3.05) is 20.2 Å². The van der Waals surface area contributed by atoms with Gasteiger partial charge in [0.2, 0.25) is 0 Å². The molecule has 1 N–H and O–H groups in total. The second-order valence-electron chi connectivity index (χ2n) is 5.16. The molecule has 0 spiro atoms. The summed E-state index contributed by atoms with van der Waals surface area (Å²) in [6, 6.07) is 7.82. The zero-order chi connectivity index (χ0) is 13.7. The lowest BCUT2D eigenvalue weighted by atomic mass is 10.0. The summed E-state index contributed by atoms with van der Waals surface area (Å²) in [6.45, 7) is 1.85. The molecule has 1 aliphatic rings. The maximum absolute atomic E-state index is 10.6. The fourth-order valence-corrected chi connectivity index (χ4v) is 2.43. The molecule has 4 heteroatoms. The van der Waals surface area contributed by atoms with Crippen molar-refractivity contribution in [1.29, 1.82) is 0 Å². The van der Waals surface area contributed by atoms with E-state index in [2.05, 4.69) is 11.9 Å². The average Bonchev–Trinajstić information content (AvgIpc) is 2.39. The first-order valence-corrected chi connectivity index (χ1v) is 6.79. The van der Waals surface area contributed by atoms with E-state index in [0.29, 0.717) is 12.6 Å². The Kier molecular flexibility index (Phi) is 4.80. The number of likely N-dealkylation sites (N-methyl/N-ethyl adjacent to an activating group) is 1. The normalized spacial score (nSPS) is 20.2. The zero-order valence-corrected chi connectivity index (χ0v) is 11.3. The van der Waals surface area contributed by atoms with Gasteiger partial charge in [0.1, 0.15) is 12.4 Å². The molecule has 1 saturated heterocycles. The van der Waals surface area contributed by atoms with Gasteiger partial charge in [0.15, 0.2) is 0 Å². The largest absolute Gasteiger partial charge is 0.492 e. The molecule has 1 aliphatic heterocycles. The van der Waals surface area contributed by atoms with Crippen molar-refractivity contribution in [3.8, 4) is 5.75 Å². The summed E-state index contributed by atoms with van der Waals surface area (Å²) in [4.78, 5) is 12.9. The number of rotatable bonds is 5. The van der Waals surface area contributed by atoms with Crippen LogP contribution in [0.5, 0.6) is 5.75 Å². The number of aliphatic carboxylic acids is 1. The number of piperidine rings is 1. The van der Waals surface area contributed by atoms with E-state index in [0.717, 1.165) is 17.9 Å². The van der Waals surface area contributed by atoms with Crippen molar-refractivity contribution in [3.63, 3.8) is 0 Å². The molecule has 2 rings (SSSR count). The minimum absolute atomic E-state index is 0.0612. The van der Waals surface area contributed by atoms with Gasteiger partial charge in [0, 0.05) is 6.04 Å². The average molecular weight is 263 g/mol. The van der Waals surface area contributed by atoms with Gasteiger partial charge in [-0.1, -0.05) is 18.6 Å². The van der Waals surface area contributed by atoms with E-state index in [1.807, 2.05) is 24.3 Å². The van der Waals surface area contributed by atoms with Gasteiger partial charge in [-0.2, -0.15) is 0 Å². The second-order valence-corrected chi connectivity index (χ2v) is 5.16. The van der Waals surface area contributed by atoms with Gasteiger partial charge in [0.05, 0.1) is 6.42 Å². The molecule has 1 heterocycles. The van der Waals surface area contributed by atoms with Crippen LogP contribution in [-0.4, -0.2) is 42.2 Å². The van der Waals surface area contributed by atoms with Gasteiger partial charge in [-0.25, -0.2) is 0 Å². The fourth-order valence-electron chi connectivity index (χ4n) is 2.43. The highest BCUT2D eigenvalue weighted by Gasteiger charge is 2.19. The standard InChI is InChI=1S/C15H21NO3/c1-16-9-3-2-4-13(16)11-19-14-7-5-12(6-8-14)10-15(17)18/h5-8,13H,2-4,9-11H2,1H3,(H,17,18). The smallest absolute Gasteiger partial charge is 0.307 e. The summed E-state index contributed by atoms with van der Waals surface area (Å²) in [7, 11) is 2.14. The first-order chi connectivity index (χ1) is 9.15. The van der Waals surface area contributed by atoms with Gasteiger partial charge in [-0.15, -0.1) is 0 Å². The van der Waals surface area contributed by atoms with Gasteiger partial charge < -0.3 is 14.7 Å². The Balaban J connectivity index is 1.84. The molecule has 1 unspecified atom stereocenters. The molecular weight excluding hydrogens is 242 g/mol. The van der Waals surface area contributed by atoms with E-state index in [1.165, 1.54) is 19.3 Å². The molecule has 1 fully saturated rings. The number of carbonyl (C=O) groups is 1. The van der Waals surface area contributed by atoms with Crippen LogP contribution < -0.4 is 4.74 Å². The topological polar surface area (TPSA) is 49.8 Å². The van der Waals surface area contributed by atoms with Crippen molar-refractivity contribution >= 4 is 5.97 Å². The van der Waals surface area contributed by atoms with Crippen LogP contribution in [0, 0.1) is 0 Å². The molecule has 0 amide bonds. The van der Waals surface area contributed by atoms with Crippen LogP contribution >= 0.6 is 0 Å². The molecule has 0 aromatic heterocycles. The Bertz CT molecular complexity index is 416. The van der Waals surface area contributed by atoms with Crippen molar-refractivity contribution < 1.29 is 14.6 Å². The number of carboxylic acids is 1. The van der Waals surface area contributed by atoms with E-state index in [9.17, 15) is 4.79 Å². The first-order valence-electron chi connectivity index (χ1n) is 6.79. The fraction of sp³-hybridized carbons (Fsp3) is 0.533. The molecular formula is C15H21NO3. The highest BCUT2D eigenvalue weighted by Crippen LogP contribution is 2.18. The third kappa shape index (κ3) is 4.24. The third-order valence-electron chi connectivity index (χ3n) is 3.64. The summed E-state index contributed by atoms with van der Waals surface area (Å²) in [6.07, 6.45) is 3.80. The molecule has 0 radical (unpaired) electrons. The van der Waals surface area contributed by atoms with Crippen LogP contribution in [0.1, 0.15) is 24.8 Å². The van der Waals surface area contributed by atoms with Gasteiger partial charge >= 0.3 is 5.97 Å². The lowest BCUT2D eigenvalue weighted by molar-refractivity contribution is -0.136. The molecule has 19 heavy (non-hydrogen) atoms. The summed E-state index contributed by atoms with van der Waals surface area (Å²) in [5.74, 6) is 0.00520. The Hall–Kier alpha value is -1.55. The van der Waals surface area contributed by atoms with E-state index in [4.69, 9.17) is 9.84 Å². The molecule has 104 valence electrons. The SMILES string of the molecule is CN1CCCCC1COc1ccc(CC(=O)O)cc1. The summed E-state index contributed by atoms with van der Waals surface area (Å²) >= 11 is 0. The molecule has 1 aromatic rings. The van der Waals surface area contributed by atoms with Crippen LogP contribution in [-0.2, 0) is 11.2 Å². The third-order valence-corrected chi connectivity index (χ3v) is 3.64. The number of benzene rings is 1. The Morgan fingerprint density at radius 2 is 2.11 bits per heavy atom. The number of hydrogen-bond acceptors (Lipinski definition) is 3. The molecule has 0 aliphatic carbocycles. The molecule has 4 nitrogen and oxygen atoms in total. The van der Waals surface area contributed by atoms with Gasteiger partial charge in [0.25, 0.3) is 0 Å². The van der Waals surface area contributed by atoms with Gasteiger partial charge in [-0.05, 0) is 44.1 Å². The highest BCUT2D eigenvalue weighted by atomic mass is 16.5. The van der Waals surface area contributed by atoms with Gasteiger partial charge in [-0.3, -0.25) is 4.79 Å². The zero-order valence-electron chi connectivity index (χ0n) is 11.3. The Labute approximate surface area is 114 Å². The van der Waals surface area contributed by atoms with E-state index in [1.54, 1.807) is 0 Å². The monoisotopic (exact) mass is 263 g/mol. The lowest BCUT2D eigenvalue weighted by Gasteiger charge is -2.32. The van der Waals surface area contributed by atoms with Crippen molar-refractivity contribution in [2.45, 2.75) is 31.7 Å². The summed E-state index contributed by atoms with van der Waals surface area (Å²) in [5, 5.41) is 8.70. The predicted octanol–water partition coefficient (Wildman–Crippen LogP) is 2.18. The van der Waals surface area contributed by atoms with Crippen LogP contribution in [0.2, 0.25) is 0 Å². The first kappa shape index (κ1) is 13.9. The number of nitrogens with zero attached hydrogens (tertiary/aromatic N) is 1. The maximum Gasteiger partial charge on any atom is 0.307 e. The highest BCUT2D eigenvalue weighted by molar-refractivity contribution is 5.70. The molecule has 0 bridgehead atoms. The summed E-state index contributed by atoms with van der Waals surface area (Å²) in [5.41, 5.74) is 0.801. The minimum atomic E-state index is -0.808. The summed E-state index contributed by atoms with van der Waals surface area (Å²) < 4.78 is 5.79. The molecule has 1 aromatic carbocycles. The van der Waals surface area contributed by atoms with E-state index < -0.39 is 5.97 Å². The van der Waals surface area contributed by atoms with Crippen LogP contribution in [0.4, 0.5) is 0 Å². The Morgan fingerprint density at radius 3 is 2.74 bits per heavy atom. The van der Waals surface area contributed by atoms with Crippen molar-refractivity contribution in [3.05, 3.63) is 29.8 Å². The predicted molar refractivity (Wildman–Crippen MR) is 73.5 cm³/mol. The van der Waals surface area contributed by atoms with Crippen molar-refractivity contribution in [2.24, 2.45) is 0 Å². The van der Waals surface area contributed by atoms with Crippen LogP contribution in [0.3, 0.4) is 0 Å². The number of ether oxygens (including phenoxy) is 1. The quantitative estimate of drug-likeness (QED) is 0.884. The van der Waals surface area contributed by atoms with E-state index >= 15 is 0 Å². The number of likely N-dealkylation sites (tertiary alicyclic amines) is 1. The Morgan fingerprint density at radius 1 is 1.37 bits per heavy atom. The lowest BCUT2D eigenvalue weighted by Crippen LogP contribution is -2.40. The molecule has 1 atom stereocenters. The molecule has 0 saturated carbocycles. The maximum atomic E-state index is 10.6. The van der Waals surface area contributed by atoms with E-state index in [-0.39, 0.29) is 6.42 Å². The van der Waals surface area contributed by atoms with Crippen LogP contribution in [0.25, 0.3) is 0 Å². The second kappa shape index (κ2) is 6.57. The van der Waals surface area contributed by atoms with Crippen molar-refractivity contribution in [1.82, 2.24) is 4.90 Å². The van der Waals surface area contributed by atoms with Crippen LogP contribution in [0.15, 0.2) is 24.3 Å². The number of hydrogen-bond donors (Lipinski definition) is 1. The minimum Gasteiger partial charge on any atom is -0.492 e. The number of carboxylic acid groups (broad SMARTS) is 1.